The lowest BCUT2D eigenvalue weighted by Gasteiger charge is -2.18. The quantitative estimate of drug-likeness (QED) is 0.919. The standard InChI is InChI=1S/C18H19FO2/c1-18(7-8-18)16-9-12(11-20)3-5-14(16)15-10-13(21-2)4-6-17(15)19/h3-6,9-10,20H,7-8,11H2,1-2H3. The molecule has 0 saturated heterocycles. The number of hydrogen-bond acceptors (Lipinski definition) is 2. The maximum atomic E-state index is 14.3. The number of methoxy groups -OCH3 is 1. The molecular formula is C18H19FO2. The molecule has 1 aliphatic rings. The van der Waals surface area contributed by atoms with Gasteiger partial charge in [0.2, 0.25) is 0 Å². The van der Waals surface area contributed by atoms with Gasteiger partial charge in [0.25, 0.3) is 0 Å². The minimum absolute atomic E-state index is 0.00392. The molecule has 1 aliphatic carbocycles. The van der Waals surface area contributed by atoms with E-state index >= 15 is 0 Å². The molecule has 3 rings (SSSR count). The van der Waals surface area contributed by atoms with Crippen LogP contribution in [0.1, 0.15) is 30.9 Å². The average molecular weight is 286 g/mol. The number of rotatable bonds is 4. The Balaban J connectivity index is 2.18. The van der Waals surface area contributed by atoms with Crippen molar-refractivity contribution in [3.8, 4) is 16.9 Å². The maximum Gasteiger partial charge on any atom is 0.131 e. The van der Waals surface area contributed by atoms with Crippen LogP contribution in [0.15, 0.2) is 36.4 Å². The van der Waals surface area contributed by atoms with Gasteiger partial charge in [-0.1, -0.05) is 25.1 Å². The second-order valence-corrected chi connectivity index (χ2v) is 5.94. The van der Waals surface area contributed by atoms with E-state index in [-0.39, 0.29) is 17.8 Å². The monoisotopic (exact) mass is 286 g/mol. The highest BCUT2D eigenvalue weighted by Gasteiger charge is 2.41. The summed E-state index contributed by atoms with van der Waals surface area (Å²) in [4.78, 5) is 0. The van der Waals surface area contributed by atoms with Gasteiger partial charge in [-0.3, -0.25) is 0 Å². The molecule has 1 fully saturated rings. The van der Waals surface area contributed by atoms with Gasteiger partial charge in [-0.25, -0.2) is 4.39 Å². The summed E-state index contributed by atoms with van der Waals surface area (Å²) in [7, 11) is 1.58. The predicted molar refractivity (Wildman–Crippen MR) is 80.9 cm³/mol. The van der Waals surface area contributed by atoms with Crippen LogP contribution in [-0.4, -0.2) is 12.2 Å². The Hall–Kier alpha value is -1.87. The number of benzene rings is 2. The number of halogens is 1. The van der Waals surface area contributed by atoms with E-state index < -0.39 is 0 Å². The molecule has 21 heavy (non-hydrogen) atoms. The zero-order valence-electron chi connectivity index (χ0n) is 12.3. The fourth-order valence-electron chi connectivity index (χ4n) is 2.72. The van der Waals surface area contributed by atoms with Crippen LogP contribution in [0, 0.1) is 5.82 Å². The van der Waals surface area contributed by atoms with Crippen LogP contribution in [0.3, 0.4) is 0 Å². The predicted octanol–water partition coefficient (Wildman–Crippen LogP) is 4.05. The Kier molecular flexibility index (Phi) is 3.46. The van der Waals surface area contributed by atoms with Crippen molar-refractivity contribution >= 4 is 0 Å². The number of aliphatic hydroxyl groups excluding tert-OH is 1. The first-order chi connectivity index (χ1) is 10.1. The first-order valence-corrected chi connectivity index (χ1v) is 7.15. The normalized spacial score (nSPS) is 15.8. The summed E-state index contributed by atoms with van der Waals surface area (Å²) >= 11 is 0. The molecule has 2 nitrogen and oxygen atoms in total. The SMILES string of the molecule is COc1ccc(F)c(-c2ccc(CO)cc2C2(C)CC2)c1. The van der Waals surface area contributed by atoms with E-state index in [0.717, 1.165) is 29.5 Å². The summed E-state index contributed by atoms with van der Waals surface area (Å²) in [5, 5.41) is 9.35. The molecule has 3 heteroatoms. The van der Waals surface area contributed by atoms with E-state index in [1.165, 1.54) is 6.07 Å². The third-order valence-corrected chi connectivity index (χ3v) is 4.38. The highest BCUT2D eigenvalue weighted by Crippen LogP contribution is 2.51. The molecule has 0 spiro atoms. The van der Waals surface area contributed by atoms with Crippen molar-refractivity contribution in [3.05, 3.63) is 53.3 Å². The highest BCUT2D eigenvalue weighted by atomic mass is 19.1. The second-order valence-electron chi connectivity index (χ2n) is 5.94. The second kappa shape index (κ2) is 5.15. The van der Waals surface area contributed by atoms with Gasteiger partial charge in [0.1, 0.15) is 11.6 Å². The fraction of sp³-hybridized carbons (Fsp3) is 0.333. The molecule has 0 heterocycles. The number of ether oxygens (including phenoxy) is 1. The van der Waals surface area contributed by atoms with Crippen LogP contribution >= 0.6 is 0 Å². The van der Waals surface area contributed by atoms with Crippen LogP contribution in [0.2, 0.25) is 0 Å². The molecule has 0 amide bonds. The lowest BCUT2D eigenvalue weighted by Crippen LogP contribution is -2.05. The Morgan fingerprint density at radius 3 is 2.52 bits per heavy atom. The van der Waals surface area contributed by atoms with Crippen molar-refractivity contribution in [3.63, 3.8) is 0 Å². The molecule has 1 saturated carbocycles. The molecule has 0 radical (unpaired) electrons. The van der Waals surface area contributed by atoms with Gasteiger partial charge >= 0.3 is 0 Å². The number of aliphatic hydroxyl groups is 1. The van der Waals surface area contributed by atoms with Crippen LogP contribution in [-0.2, 0) is 12.0 Å². The van der Waals surface area contributed by atoms with E-state index in [2.05, 4.69) is 6.92 Å². The first kappa shape index (κ1) is 14.1. The molecule has 0 bridgehead atoms. The van der Waals surface area contributed by atoms with Gasteiger partial charge in [0.05, 0.1) is 13.7 Å². The van der Waals surface area contributed by atoms with E-state index in [1.54, 1.807) is 19.2 Å². The van der Waals surface area contributed by atoms with Crippen molar-refractivity contribution in [2.45, 2.75) is 31.8 Å². The molecule has 110 valence electrons. The van der Waals surface area contributed by atoms with Gasteiger partial charge in [0, 0.05) is 5.56 Å². The van der Waals surface area contributed by atoms with Crippen molar-refractivity contribution < 1.29 is 14.2 Å². The summed E-state index contributed by atoms with van der Waals surface area (Å²) in [5.74, 6) is 0.391. The van der Waals surface area contributed by atoms with Gasteiger partial charge in [-0.05, 0) is 53.1 Å². The van der Waals surface area contributed by atoms with Gasteiger partial charge in [0.15, 0.2) is 0 Å². The molecule has 0 aliphatic heterocycles. The Bertz CT molecular complexity index is 675. The summed E-state index contributed by atoms with van der Waals surface area (Å²) < 4.78 is 19.5. The third kappa shape index (κ3) is 2.54. The van der Waals surface area contributed by atoms with E-state index in [1.807, 2.05) is 18.2 Å². The Morgan fingerprint density at radius 1 is 1.14 bits per heavy atom. The average Bonchev–Trinajstić information content (AvgIpc) is 3.26. The molecule has 0 aromatic heterocycles. The largest absolute Gasteiger partial charge is 0.497 e. The van der Waals surface area contributed by atoms with Gasteiger partial charge in [-0.2, -0.15) is 0 Å². The minimum atomic E-state index is -0.252. The Labute approximate surface area is 124 Å². The van der Waals surface area contributed by atoms with E-state index in [9.17, 15) is 9.50 Å². The molecule has 0 unspecified atom stereocenters. The summed E-state index contributed by atoms with van der Waals surface area (Å²) in [6.45, 7) is 2.19. The smallest absolute Gasteiger partial charge is 0.131 e. The van der Waals surface area contributed by atoms with Gasteiger partial charge < -0.3 is 9.84 Å². The third-order valence-electron chi connectivity index (χ3n) is 4.38. The lowest BCUT2D eigenvalue weighted by atomic mass is 9.88. The molecule has 0 atom stereocenters. The molecule has 2 aromatic carbocycles. The minimum Gasteiger partial charge on any atom is -0.497 e. The van der Waals surface area contributed by atoms with Crippen LogP contribution in [0.25, 0.3) is 11.1 Å². The van der Waals surface area contributed by atoms with Crippen LogP contribution in [0.5, 0.6) is 5.75 Å². The van der Waals surface area contributed by atoms with Crippen LogP contribution < -0.4 is 4.74 Å². The van der Waals surface area contributed by atoms with Crippen molar-refractivity contribution in [2.24, 2.45) is 0 Å². The topological polar surface area (TPSA) is 29.5 Å². The van der Waals surface area contributed by atoms with E-state index in [4.69, 9.17) is 4.74 Å². The number of hydrogen-bond donors (Lipinski definition) is 1. The molecule has 2 aromatic rings. The van der Waals surface area contributed by atoms with Crippen molar-refractivity contribution in [1.29, 1.82) is 0 Å². The van der Waals surface area contributed by atoms with Crippen LogP contribution in [0.4, 0.5) is 4.39 Å². The summed E-state index contributed by atoms with van der Waals surface area (Å²) in [5.41, 5.74) is 3.52. The van der Waals surface area contributed by atoms with Gasteiger partial charge in [-0.15, -0.1) is 0 Å². The molecular weight excluding hydrogens is 267 g/mol. The zero-order chi connectivity index (χ0) is 15.0. The summed E-state index contributed by atoms with van der Waals surface area (Å²) in [6.07, 6.45) is 2.20. The molecule has 1 N–H and O–H groups in total. The van der Waals surface area contributed by atoms with E-state index in [0.29, 0.717) is 11.3 Å². The van der Waals surface area contributed by atoms with Crippen molar-refractivity contribution in [2.75, 3.05) is 7.11 Å². The lowest BCUT2D eigenvalue weighted by molar-refractivity contribution is 0.281. The first-order valence-electron chi connectivity index (χ1n) is 7.15. The maximum absolute atomic E-state index is 14.3. The fourth-order valence-corrected chi connectivity index (χ4v) is 2.72. The Morgan fingerprint density at radius 2 is 1.90 bits per heavy atom. The highest BCUT2D eigenvalue weighted by molar-refractivity contribution is 5.72. The van der Waals surface area contributed by atoms with Crippen molar-refractivity contribution in [1.82, 2.24) is 0 Å². The zero-order valence-corrected chi connectivity index (χ0v) is 12.3. The summed E-state index contributed by atoms with van der Waals surface area (Å²) in [6, 6.07) is 10.6.